The fraction of sp³-hybridized carbons (Fsp3) is 0.308. The van der Waals surface area contributed by atoms with E-state index in [1.165, 1.54) is 4.68 Å². The predicted molar refractivity (Wildman–Crippen MR) is 80.2 cm³/mol. The molecule has 0 bridgehead atoms. The highest BCUT2D eigenvalue weighted by Crippen LogP contribution is 2.15. The largest absolute Gasteiger partial charge is 0.324 e. The van der Waals surface area contributed by atoms with Crippen molar-refractivity contribution in [2.24, 2.45) is 0 Å². The summed E-state index contributed by atoms with van der Waals surface area (Å²) in [5, 5.41) is 13.9. The molecule has 0 spiro atoms. The SMILES string of the molecule is CCNCc1cn(CC(=O)Nc2cccc(Br)c2)nn1. The molecule has 2 aromatic rings. The maximum absolute atomic E-state index is 11.9. The van der Waals surface area contributed by atoms with Gasteiger partial charge in [-0.3, -0.25) is 4.79 Å². The van der Waals surface area contributed by atoms with Gasteiger partial charge in [-0.25, -0.2) is 4.68 Å². The number of nitrogens with zero attached hydrogens (tertiary/aromatic N) is 3. The quantitative estimate of drug-likeness (QED) is 0.842. The third-order valence-corrected chi connectivity index (χ3v) is 3.05. The molecule has 0 aliphatic carbocycles. The molecule has 0 radical (unpaired) electrons. The van der Waals surface area contributed by atoms with Gasteiger partial charge in [0.1, 0.15) is 6.54 Å². The number of carbonyl (C=O) groups excluding carboxylic acids is 1. The molecule has 6 nitrogen and oxygen atoms in total. The van der Waals surface area contributed by atoms with Gasteiger partial charge in [-0.2, -0.15) is 0 Å². The highest BCUT2D eigenvalue weighted by molar-refractivity contribution is 9.10. The molecule has 1 aromatic heterocycles. The van der Waals surface area contributed by atoms with Gasteiger partial charge in [-0.05, 0) is 24.7 Å². The Morgan fingerprint density at radius 2 is 2.30 bits per heavy atom. The molecule has 106 valence electrons. The monoisotopic (exact) mass is 337 g/mol. The van der Waals surface area contributed by atoms with Crippen LogP contribution in [-0.4, -0.2) is 27.4 Å². The van der Waals surface area contributed by atoms with Crippen LogP contribution in [0.2, 0.25) is 0 Å². The van der Waals surface area contributed by atoms with Crippen molar-refractivity contribution in [3.05, 3.63) is 40.6 Å². The molecule has 20 heavy (non-hydrogen) atoms. The van der Waals surface area contributed by atoms with Crippen molar-refractivity contribution in [3.8, 4) is 0 Å². The zero-order chi connectivity index (χ0) is 14.4. The van der Waals surface area contributed by atoms with Gasteiger partial charge < -0.3 is 10.6 Å². The van der Waals surface area contributed by atoms with Crippen LogP contribution in [0.5, 0.6) is 0 Å². The van der Waals surface area contributed by atoms with Gasteiger partial charge in [-0.15, -0.1) is 5.10 Å². The van der Waals surface area contributed by atoms with E-state index in [-0.39, 0.29) is 12.5 Å². The molecular weight excluding hydrogens is 322 g/mol. The summed E-state index contributed by atoms with van der Waals surface area (Å²) in [7, 11) is 0. The Labute approximate surface area is 125 Å². The molecule has 0 fully saturated rings. The lowest BCUT2D eigenvalue weighted by Crippen LogP contribution is -2.19. The first-order valence-electron chi connectivity index (χ1n) is 6.32. The van der Waals surface area contributed by atoms with Gasteiger partial charge in [-0.1, -0.05) is 34.1 Å². The van der Waals surface area contributed by atoms with Crippen LogP contribution in [0.1, 0.15) is 12.6 Å². The topological polar surface area (TPSA) is 71.8 Å². The zero-order valence-electron chi connectivity index (χ0n) is 11.1. The highest BCUT2D eigenvalue weighted by Gasteiger charge is 2.06. The number of amides is 1. The summed E-state index contributed by atoms with van der Waals surface area (Å²) in [5.74, 6) is -0.136. The molecule has 0 aliphatic heterocycles. The molecule has 1 heterocycles. The Morgan fingerprint density at radius 1 is 1.45 bits per heavy atom. The summed E-state index contributed by atoms with van der Waals surface area (Å²) in [6.07, 6.45) is 1.77. The average Bonchev–Trinajstić information content (AvgIpc) is 2.83. The van der Waals surface area contributed by atoms with Crippen LogP contribution in [0.25, 0.3) is 0 Å². The Morgan fingerprint density at radius 3 is 3.05 bits per heavy atom. The van der Waals surface area contributed by atoms with Gasteiger partial charge in [0.05, 0.1) is 11.9 Å². The highest BCUT2D eigenvalue weighted by atomic mass is 79.9. The van der Waals surface area contributed by atoms with Gasteiger partial charge in [0.25, 0.3) is 0 Å². The summed E-state index contributed by atoms with van der Waals surface area (Å²) < 4.78 is 2.45. The first-order chi connectivity index (χ1) is 9.67. The Bertz CT molecular complexity index is 584. The van der Waals surface area contributed by atoms with Gasteiger partial charge in [0, 0.05) is 16.7 Å². The molecule has 2 rings (SSSR count). The standard InChI is InChI=1S/C13H16BrN5O/c1-2-15-7-12-8-19(18-17-12)9-13(20)16-11-5-3-4-10(14)6-11/h3-6,8,15H,2,7,9H2,1H3,(H,16,20). The number of aromatic nitrogens is 3. The second-order valence-electron chi connectivity index (χ2n) is 4.25. The van der Waals surface area contributed by atoms with Gasteiger partial charge in [0.2, 0.25) is 5.91 Å². The van der Waals surface area contributed by atoms with Crippen molar-refractivity contribution in [1.82, 2.24) is 20.3 Å². The van der Waals surface area contributed by atoms with E-state index in [1.54, 1.807) is 6.20 Å². The molecule has 7 heteroatoms. The number of halogens is 1. The fourth-order valence-corrected chi connectivity index (χ4v) is 2.06. The van der Waals surface area contributed by atoms with Crippen molar-refractivity contribution < 1.29 is 4.79 Å². The van der Waals surface area contributed by atoms with E-state index >= 15 is 0 Å². The van der Waals surface area contributed by atoms with Crippen molar-refractivity contribution >= 4 is 27.5 Å². The summed E-state index contributed by atoms with van der Waals surface area (Å²) in [6.45, 7) is 3.70. The van der Waals surface area contributed by atoms with Crippen molar-refractivity contribution in [2.75, 3.05) is 11.9 Å². The lowest BCUT2D eigenvalue weighted by molar-refractivity contribution is -0.116. The van der Waals surface area contributed by atoms with Gasteiger partial charge >= 0.3 is 0 Å². The molecule has 0 unspecified atom stereocenters. The van der Waals surface area contributed by atoms with E-state index in [1.807, 2.05) is 31.2 Å². The van der Waals surface area contributed by atoms with Crippen LogP contribution in [0.4, 0.5) is 5.69 Å². The molecule has 1 amide bonds. The number of hydrogen-bond acceptors (Lipinski definition) is 4. The molecule has 0 atom stereocenters. The van der Waals surface area contributed by atoms with Crippen molar-refractivity contribution in [3.63, 3.8) is 0 Å². The number of carbonyl (C=O) groups is 1. The number of rotatable bonds is 6. The molecular formula is C13H16BrN5O. The van der Waals surface area contributed by atoms with Crippen molar-refractivity contribution in [2.45, 2.75) is 20.0 Å². The van der Waals surface area contributed by atoms with Crippen LogP contribution in [0.15, 0.2) is 34.9 Å². The fourth-order valence-electron chi connectivity index (χ4n) is 1.66. The summed E-state index contributed by atoms with van der Waals surface area (Å²) >= 11 is 3.36. The third kappa shape index (κ3) is 4.43. The maximum Gasteiger partial charge on any atom is 0.246 e. The van der Waals surface area contributed by atoms with E-state index < -0.39 is 0 Å². The number of benzene rings is 1. The summed E-state index contributed by atoms with van der Waals surface area (Å²) in [6, 6.07) is 7.44. The number of anilines is 1. The van der Waals surface area contributed by atoms with E-state index in [0.29, 0.717) is 6.54 Å². The van der Waals surface area contributed by atoms with E-state index in [4.69, 9.17) is 0 Å². The van der Waals surface area contributed by atoms with Crippen LogP contribution in [0.3, 0.4) is 0 Å². The molecule has 1 aromatic carbocycles. The van der Waals surface area contributed by atoms with Gasteiger partial charge in [0.15, 0.2) is 0 Å². The Kier molecular flexibility index (Phi) is 5.25. The second kappa shape index (κ2) is 7.16. The molecule has 2 N–H and O–H groups in total. The van der Waals surface area contributed by atoms with Crippen molar-refractivity contribution in [1.29, 1.82) is 0 Å². The minimum Gasteiger partial charge on any atom is -0.324 e. The molecule has 0 saturated carbocycles. The number of nitrogens with one attached hydrogen (secondary N) is 2. The predicted octanol–water partition coefficient (Wildman–Crippen LogP) is 1.79. The normalized spacial score (nSPS) is 10.5. The van der Waals surface area contributed by atoms with Crippen LogP contribution in [0, 0.1) is 0 Å². The Balaban J connectivity index is 1.89. The summed E-state index contributed by atoms with van der Waals surface area (Å²) in [5.41, 5.74) is 1.57. The lowest BCUT2D eigenvalue weighted by atomic mass is 10.3. The molecule has 0 aliphatic rings. The second-order valence-corrected chi connectivity index (χ2v) is 5.16. The average molecular weight is 338 g/mol. The van der Waals surface area contributed by atoms with E-state index in [9.17, 15) is 4.79 Å². The van der Waals surface area contributed by atoms with Crippen LogP contribution >= 0.6 is 15.9 Å². The first-order valence-corrected chi connectivity index (χ1v) is 7.12. The summed E-state index contributed by atoms with van der Waals surface area (Å²) in [4.78, 5) is 11.9. The Hall–Kier alpha value is -1.73. The minimum absolute atomic E-state index is 0.136. The number of hydrogen-bond donors (Lipinski definition) is 2. The van der Waals surface area contributed by atoms with E-state index in [2.05, 4.69) is 36.9 Å². The zero-order valence-corrected chi connectivity index (χ0v) is 12.7. The van der Waals surface area contributed by atoms with Crippen LogP contribution < -0.4 is 10.6 Å². The van der Waals surface area contributed by atoms with Crippen LogP contribution in [-0.2, 0) is 17.9 Å². The minimum atomic E-state index is -0.136. The first kappa shape index (κ1) is 14.7. The smallest absolute Gasteiger partial charge is 0.246 e. The maximum atomic E-state index is 11.9. The third-order valence-electron chi connectivity index (χ3n) is 2.56. The van der Waals surface area contributed by atoms with E-state index in [0.717, 1.165) is 22.4 Å². The lowest BCUT2D eigenvalue weighted by Gasteiger charge is -2.05. The molecule has 0 saturated heterocycles.